The van der Waals surface area contributed by atoms with Gasteiger partial charge in [0.1, 0.15) is 12.7 Å². The van der Waals surface area contributed by atoms with Crippen molar-refractivity contribution in [3.63, 3.8) is 0 Å². The minimum absolute atomic E-state index is 0.0386. The van der Waals surface area contributed by atoms with Crippen LogP contribution < -0.4 is 19.5 Å². The number of β-amino-alcohol motifs (C(OH)–C–C–N with tert-alkyl or cyclic N) is 1. The van der Waals surface area contributed by atoms with Gasteiger partial charge in [0.05, 0.1) is 14.2 Å². The number of methoxy groups -OCH3 is 2. The number of aliphatic hydroxyl groups excluding tert-OH is 1. The number of hydrogen-bond donors (Lipinski definition) is 2. The van der Waals surface area contributed by atoms with Crippen molar-refractivity contribution in [2.45, 2.75) is 32.4 Å². The van der Waals surface area contributed by atoms with Gasteiger partial charge in [0, 0.05) is 12.1 Å². The van der Waals surface area contributed by atoms with Gasteiger partial charge in [-0.15, -0.1) is 0 Å². The summed E-state index contributed by atoms with van der Waals surface area (Å²) in [6.07, 6.45) is -0.608. The highest BCUT2D eigenvalue weighted by Crippen LogP contribution is 2.36. The molecule has 0 fully saturated rings. The Morgan fingerprint density at radius 1 is 1.15 bits per heavy atom. The Labute approximate surface area is 120 Å². The summed E-state index contributed by atoms with van der Waals surface area (Å²) in [7, 11) is 3.14. The lowest BCUT2D eigenvalue weighted by atomic mass is 10.1. The molecule has 0 amide bonds. The molecule has 0 bridgehead atoms. The number of benzene rings is 1. The second-order valence-electron chi connectivity index (χ2n) is 5.59. The molecule has 0 aliphatic carbocycles. The normalized spacial score (nSPS) is 12.9. The standard InChI is InChI=1S/C15H25NO4/c1-15(2,3)16-9-11(17)10-20-14-12(18-4)7-6-8-13(14)19-5/h6-8,11,16-17H,9-10H2,1-5H3/t11-/m1/s1. The van der Waals surface area contributed by atoms with Crippen molar-refractivity contribution in [1.82, 2.24) is 5.32 Å². The Morgan fingerprint density at radius 3 is 2.15 bits per heavy atom. The van der Waals surface area contributed by atoms with Crippen LogP contribution in [0.25, 0.3) is 0 Å². The highest BCUT2D eigenvalue weighted by Gasteiger charge is 2.15. The van der Waals surface area contributed by atoms with E-state index in [9.17, 15) is 5.11 Å². The van der Waals surface area contributed by atoms with Crippen molar-refractivity contribution >= 4 is 0 Å². The fourth-order valence-corrected chi connectivity index (χ4v) is 1.62. The zero-order chi connectivity index (χ0) is 15.2. The first kappa shape index (κ1) is 16.6. The molecule has 20 heavy (non-hydrogen) atoms. The number of para-hydroxylation sites is 1. The summed E-state index contributed by atoms with van der Waals surface area (Å²) in [6.45, 7) is 6.76. The van der Waals surface area contributed by atoms with Crippen LogP contribution in [0, 0.1) is 0 Å². The van der Waals surface area contributed by atoms with Gasteiger partial charge in [0.25, 0.3) is 0 Å². The van der Waals surface area contributed by atoms with Crippen molar-refractivity contribution in [3.8, 4) is 17.2 Å². The van der Waals surface area contributed by atoms with Crippen LogP contribution in [-0.2, 0) is 0 Å². The monoisotopic (exact) mass is 283 g/mol. The van der Waals surface area contributed by atoms with Crippen molar-refractivity contribution < 1.29 is 19.3 Å². The van der Waals surface area contributed by atoms with Gasteiger partial charge < -0.3 is 24.6 Å². The highest BCUT2D eigenvalue weighted by molar-refractivity contribution is 5.51. The molecule has 1 atom stereocenters. The van der Waals surface area contributed by atoms with Crippen LogP contribution >= 0.6 is 0 Å². The molecule has 0 unspecified atom stereocenters. The van der Waals surface area contributed by atoms with Crippen LogP contribution in [-0.4, -0.2) is 44.1 Å². The topological polar surface area (TPSA) is 60.0 Å². The maximum Gasteiger partial charge on any atom is 0.203 e. The maximum atomic E-state index is 9.93. The lowest BCUT2D eigenvalue weighted by molar-refractivity contribution is 0.0968. The molecule has 0 aliphatic rings. The zero-order valence-corrected chi connectivity index (χ0v) is 12.9. The molecule has 5 heteroatoms. The molecule has 0 radical (unpaired) electrons. The molecule has 2 N–H and O–H groups in total. The SMILES string of the molecule is COc1cccc(OC)c1OC[C@H](O)CNC(C)(C)C. The average molecular weight is 283 g/mol. The number of aliphatic hydroxyl groups is 1. The van der Waals surface area contributed by atoms with Gasteiger partial charge in [0.2, 0.25) is 5.75 Å². The predicted octanol–water partition coefficient (Wildman–Crippen LogP) is 1.83. The fourth-order valence-electron chi connectivity index (χ4n) is 1.62. The summed E-state index contributed by atoms with van der Waals surface area (Å²) in [5.41, 5.74) is -0.0386. The molecule has 1 rings (SSSR count). The lowest BCUT2D eigenvalue weighted by Crippen LogP contribution is -2.42. The molecule has 1 aromatic rings. The molecule has 0 saturated heterocycles. The Balaban J connectivity index is 2.60. The molecule has 0 heterocycles. The molecule has 5 nitrogen and oxygen atoms in total. The summed E-state index contributed by atoms with van der Waals surface area (Å²) in [5, 5.41) is 13.2. The van der Waals surface area contributed by atoms with E-state index in [4.69, 9.17) is 14.2 Å². The number of nitrogens with one attached hydrogen (secondary N) is 1. The molecule has 114 valence electrons. The van der Waals surface area contributed by atoms with E-state index in [1.165, 1.54) is 0 Å². The third-order valence-corrected chi connectivity index (χ3v) is 2.67. The third-order valence-electron chi connectivity index (χ3n) is 2.67. The van der Waals surface area contributed by atoms with Crippen LogP contribution in [0.15, 0.2) is 18.2 Å². The van der Waals surface area contributed by atoms with Gasteiger partial charge in [-0.3, -0.25) is 0 Å². The van der Waals surface area contributed by atoms with Crippen LogP contribution in [0.5, 0.6) is 17.2 Å². The smallest absolute Gasteiger partial charge is 0.203 e. The Hall–Kier alpha value is -1.46. The molecular weight excluding hydrogens is 258 g/mol. The predicted molar refractivity (Wildman–Crippen MR) is 78.8 cm³/mol. The van der Waals surface area contributed by atoms with E-state index in [1.807, 2.05) is 26.8 Å². The van der Waals surface area contributed by atoms with Gasteiger partial charge >= 0.3 is 0 Å². The van der Waals surface area contributed by atoms with Crippen molar-refractivity contribution in [2.75, 3.05) is 27.4 Å². The molecule has 0 saturated carbocycles. The lowest BCUT2D eigenvalue weighted by Gasteiger charge is -2.23. The summed E-state index contributed by atoms with van der Waals surface area (Å²) in [5.74, 6) is 1.67. The van der Waals surface area contributed by atoms with E-state index >= 15 is 0 Å². The summed E-state index contributed by atoms with van der Waals surface area (Å²) in [6, 6.07) is 5.40. The van der Waals surface area contributed by atoms with E-state index < -0.39 is 6.10 Å². The Kier molecular flexibility index (Phi) is 6.10. The van der Waals surface area contributed by atoms with Crippen LogP contribution in [0.4, 0.5) is 0 Å². The van der Waals surface area contributed by atoms with Crippen LogP contribution in [0.1, 0.15) is 20.8 Å². The van der Waals surface area contributed by atoms with E-state index in [0.29, 0.717) is 23.8 Å². The van der Waals surface area contributed by atoms with Gasteiger partial charge in [0.15, 0.2) is 11.5 Å². The van der Waals surface area contributed by atoms with Gasteiger partial charge in [-0.1, -0.05) is 6.07 Å². The molecule has 0 aromatic heterocycles. The quantitative estimate of drug-likeness (QED) is 0.799. The summed E-state index contributed by atoms with van der Waals surface area (Å²) in [4.78, 5) is 0. The number of hydrogen-bond acceptors (Lipinski definition) is 5. The van der Waals surface area contributed by atoms with E-state index in [0.717, 1.165) is 0 Å². The first-order chi connectivity index (χ1) is 9.37. The van der Waals surface area contributed by atoms with Crippen molar-refractivity contribution in [3.05, 3.63) is 18.2 Å². The highest BCUT2D eigenvalue weighted by atomic mass is 16.5. The van der Waals surface area contributed by atoms with Crippen LogP contribution in [0.2, 0.25) is 0 Å². The second-order valence-corrected chi connectivity index (χ2v) is 5.59. The molecular formula is C15H25NO4. The fraction of sp³-hybridized carbons (Fsp3) is 0.600. The largest absolute Gasteiger partial charge is 0.493 e. The Morgan fingerprint density at radius 2 is 1.70 bits per heavy atom. The van der Waals surface area contributed by atoms with Crippen molar-refractivity contribution in [1.29, 1.82) is 0 Å². The van der Waals surface area contributed by atoms with Crippen molar-refractivity contribution in [2.24, 2.45) is 0 Å². The third kappa shape index (κ3) is 5.27. The molecule has 0 aliphatic heterocycles. The first-order valence-electron chi connectivity index (χ1n) is 6.64. The summed E-state index contributed by atoms with van der Waals surface area (Å²) >= 11 is 0. The van der Waals surface area contributed by atoms with E-state index in [2.05, 4.69) is 5.32 Å². The molecule has 0 spiro atoms. The van der Waals surface area contributed by atoms with Gasteiger partial charge in [-0.25, -0.2) is 0 Å². The van der Waals surface area contributed by atoms with E-state index in [1.54, 1.807) is 26.4 Å². The van der Waals surface area contributed by atoms with Gasteiger partial charge in [-0.05, 0) is 32.9 Å². The molecule has 1 aromatic carbocycles. The number of ether oxygens (including phenoxy) is 3. The second kappa shape index (κ2) is 7.36. The van der Waals surface area contributed by atoms with E-state index in [-0.39, 0.29) is 12.1 Å². The maximum absolute atomic E-state index is 9.93. The minimum atomic E-state index is -0.608. The van der Waals surface area contributed by atoms with Crippen LogP contribution in [0.3, 0.4) is 0 Å². The average Bonchev–Trinajstić information content (AvgIpc) is 2.41. The summed E-state index contributed by atoms with van der Waals surface area (Å²) < 4.78 is 16.1. The first-order valence-corrected chi connectivity index (χ1v) is 6.64. The minimum Gasteiger partial charge on any atom is -0.493 e. The Bertz CT molecular complexity index is 393. The number of rotatable bonds is 7. The van der Waals surface area contributed by atoms with Gasteiger partial charge in [-0.2, -0.15) is 0 Å². The zero-order valence-electron chi connectivity index (χ0n) is 12.9.